The molecular weight excluding hydrogens is 322 g/mol. The van der Waals surface area contributed by atoms with Gasteiger partial charge in [-0.25, -0.2) is 4.98 Å². The molecule has 3 saturated heterocycles. The Kier molecular flexibility index (Phi) is 4.53. The third-order valence-corrected chi connectivity index (χ3v) is 5.56. The van der Waals surface area contributed by atoms with Crippen molar-refractivity contribution < 1.29 is 4.79 Å². The Bertz CT molecular complexity index is 678. The van der Waals surface area contributed by atoms with E-state index in [1.54, 1.807) is 29.9 Å². The van der Waals surface area contributed by atoms with Crippen molar-refractivity contribution in [2.24, 2.45) is 5.92 Å². The van der Waals surface area contributed by atoms with E-state index in [1.165, 1.54) is 6.42 Å². The van der Waals surface area contributed by atoms with E-state index in [-0.39, 0.29) is 5.91 Å². The molecule has 0 N–H and O–H groups in total. The Morgan fingerprint density at radius 3 is 2.92 bits per heavy atom. The highest BCUT2D eigenvalue weighted by atomic mass is 32.1. The van der Waals surface area contributed by atoms with Gasteiger partial charge in [-0.05, 0) is 18.8 Å². The molecule has 3 fully saturated rings. The molecule has 0 spiro atoms. The molecule has 1 amide bonds. The summed E-state index contributed by atoms with van der Waals surface area (Å²) in [6.07, 6.45) is 7.63. The number of hydrogen-bond acceptors (Lipinski definition) is 6. The van der Waals surface area contributed by atoms with Crippen molar-refractivity contribution in [2.75, 3.05) is 19.6 Å². The predicted molar refractivity (Wildman–Crippen MR) is 91.4 cm³/mol. The van der Waals surface area contributed by atoms with Crippen molar-refractivity contribution in [3.05, 3.63) is 40.9 Å². The molecule has 2 aromatic heterocycles. The quantitative estimate of drug-likeness (QED) is 0.844. The van der Waals surface area contributed by atoms with Crippen LogP contribution in [0.15, 0.2) is 29.5 Å². The fraction of sp³-hybridized carbons (Fsp3) is 0.529. The summed E-state index contributed by atoms with van der Waals surface area (Å²) in [6, 6.07) is 0.312. The molecule has 7 heteroatoms. The predicted octanol–water partition coefficient (Wildman–Crippen LogP) is 1.60. The summed E-state index contributed by atoms with van der Waals surface area (Å²) < 4.78 is 0. The average Bonchev–Trinajstić information content (AvgIpc) is 2.94. The molecule has 5 heterocycles. The lowest BCUT2D eigenvalue weighted by molar-refractivity contribution is -0.134. The van der Waals surface area contributed by atoms with E-state index in [0.717, 1.165) is 44.0 Å². The van der Waals surface area contributed by atoms with E-state index in [0.29, 0.717) is 18.4 Å². The van der Waals surface area contributed by atoms with Gasteiger partial charge in [0.05, 0.1) is 23.3 Å². The third-order valence-electron chi connectivity index (χ3n) is 4.93. The number of thiazole rings is 1. The summed E-state index contributed by atoms with van der Waals surface area (Å²) in [5.74, 6) is 0.744. The topological polar surface area (TPSA) is 62.2 Å². The van der Waals surface area contributed by atoms with Crippen LogP contribution in [-0.2, 0) is 17.8 Å². The molecule has 2 aromatic rings. The SMILES string of the molecule is O=C(Cc1cnccn1)N1C[C@H]2CC[C@@H]1CN(Cc1cscn1)C2. The first kappa shape index (κ1) is 15.7. The van der Waals surface area contributed by atoms with Crippen LogP contribution in [0.3, 0.4) is 0 Å². The Hall–Kier alpha value is -1.86. The van der Waals surface area contributed by atoms with Crippen molar-refractivity contribution in [1.29, 1.82) is 0 Å². The van der Waals surface area contributed by atoms with Gasteiger partial charge in [-0.3, -0.25) is 19.7 Å². The molecule has 0 unspecified atom stereocenters. The van der Waals surface area contributed by atoms with Crippen molar-refractivity contribution in [3.63, 3.8) is 0 Å². The number of amides is 1. The lowest BCUT2D eigenvalue weighted by atomic mass is 9.94. The molecule has 6 nitrogen and oxygen atoms in total. The second-order valence-electron chi connectivity index (χ2n) is 6.69. The lowest BCUT2D eigenvalue weighted by Crippen LogP contribution is -2.48. The van der Waals surface area contributed by atoms with E-state index in [1.807, 2.05) is 5.51 Å². The average molecular weight is 343 g/mol. The van der Waals surface area contributed by atoms with Gasteiger partial charge in [-0.2, -0.15) is 0 Å². The molecule has 126 valence electrons. The summed E-state index contributed by atoms with van der Waals surface area (Å²) in [6.45, 7) is 3.77. The first-order valence-corrected chi connectivity index (χ1v) is 9.36. The summed E-state index contributed by atoms with van der Waals surface area (Å²) in [7, 11) is 0. The highest BCUT2D eigenvalue weighted by Crippen LogP contribution is 2.29. The molecule has 24 heavy (non-hydrogen) atoms. The fourth-order valence-corrected chi connectivity index (χ4v) is 4.39. The Balaban J connectivity index is 1.43. The maximum atomic E-state index is 12.8. The van der Waals surface area contributed by atoms with Gasteiger partial charge < -0.3 is 4.90 Å². The van der Waals surface area contributed by atoms with Crippen molar-refractivity contribution in [3.8, 4) is 0 Å². The molecule has 5 rings (SSSR count). The minimum Gasteiger partial charge on any atom is -0.338 e. The van der Waals surface area contributed by atoms with Crippen LogP contribution in [0.1, 0.15) is 24.2 Å². The zero-order valence-corrected chi connectivity index (χ0v) is 14.4. The van der Waals surface area contributed by atoms with Gasteiger partial charge >= 0.3 is 0 Å². The van der Waals surface area contributed by atoms with E-state index < -0.39 is 0 Å². The summed E-state index contributed by atoms with van der Waals surface area (Å²) in [4.78, 5) is 30.0. The van der Waals surface area contributed by atoms with E-state index in [2.05, 4.69) is 30.1 Å². The second-order valence-corrected chi connectivity index (χ2v) is 7.41. The van der Waals surface area contributed by atoms with Crippen LogP contribution in [-0.4, -0.2) is 56.3 Å². The summed E-state index contributed by atoms with van der Waals surface area (Å²) in [5.41, 5.74) is 3.78. The number of aromatic nitrogens is 3. The highest BCUT2D eigenvalue weighted by molar-refractivity contribution is 7.07. The van der Waals surface area contributed by atoms with Gasteiger partial charge in [0.1, 0.15) is 0 Å². The maximum Gasteiger partial charge on any atom is 0.228 e. The molecule has 2 atom stereocenters. The number of piperidine rings is 1. The highest BCUT2D eigenvalue weighted by Gasteiger charge is 2.37. The minimum atomic E-state index is 0.181. The number of carbonyl (C=O) groups is 1. The standard InChI is InChI=1S/C17H21N5OS/c23-17(5-14-6-18-3-4-19-14)22-8-13-1-2-16(22)10-21(7-13)9-15-11-24-12-20-15/h3-4,6,11-13,16H,1-2,5,7-10H2/t13-,16+/m0/s1. The van der Waals surface area contributed by atoms with Gasteiger partial charge in [0.2, 0.25) is 5.91 Å². The molecular formula is C17H21N5OS. The zero-order valence-electron chi connectivity index (χ0n) is 13.5. The smallest absolute Gasteiger partial charge is 0.228 e. The van der Waals surface area contributed by atoms with Crippen LogP contribution in [0, 0.1) is 5.92 Å². The number of rotatable bonds is 4. The van der Waals surface area contributed by atoms with Crippen molar-refractivity contribution >= 4 is 17.2 Å². The molecule has 0 aliphatic carbocycles. The molecule has 2 bridgehead atoms. The second kappa shape index (κ2) is 6.94. The Morgan fingerprint density at radius 2 is 2.12 bits per heavy atom. The first-order chi connectivity index (χ1) is 11.8. The zero-order chi connectivity index (χ0) is 16.4. The van der Waals surface area contributed by atoms with Gasteiger partial charge in [-0.15, -0.1) is 11.3 Å². The largest absolute Gasteiger partial charge is 0.338 e. The first-order valence-electron chi connectivity index (χ1n) is 8.41. The Morgan fingerprint density at radius 1 is 1.17 bits per heavy atom. The lowest BCUT2D eigenvalue weighted by Gasteiger charge is -2.36. The maximum absolute atomic E-state index is 12.8. The number of hydrogen-bond donors (Lipinski definition) is 0. The van der Waals surface area contributed by atoms with E-state index >= 15 is 0 Å². The van der Waals surface area contributed by atoms with Gasteiger partial charge in [0.25, 0.3) is 0 Å². The number of carbonyl (C=O) groups excluding carboxylic acids is 1. The molecule has 0 radical (unpaired) electrons. The summed E-state index contributed by atoms with van der Waals surface area (Å²) >= 11 is 1.64. The monoisotopic (exact) mass is 343 g/mol. The van der Waals surface area contributed by atoms with Crippen molar-refractivity contribution in [1.82, 2.24) is 24.8 Å². The van der Waals surface area contributed by atoms with E-state index in [9.17, 15) is 4.79 Å². The fourth-order valence-electron chi connectivity index (χ4n) is 3.84. The van der Waals surface area contributed by atoms with Crippen LogP contribution in [0.4, 0.5) is 0 Å². The molecule has 3 aliphatic rings. The van der Waals surface area contributed by atoms with Crippen LogP contribution in [0.5, 0.6) is 0 Å². The van der Waals surface area contributed by atoms with Crippen molar-refractivity contribution in [2.45, 2.75) is 31.8 Å². The normalized spacial score (nSPS) is 24.1. The van der Waals surface area contributed by atoms with Crippen LogP contribution in [0.25, 0.3) is 0 Å². The van der Waals surface area contributed by atoms with E-state index in [4.69, 9.17) is 0 Å². The van der Waals surface area contributed by atoms with Crippen LogP contribution < -0.4 is 0 Å². The minimum absolute atomic E-state index is 0.181. The molecule has 3 aliphatic heterocycles. The van der Waals surface area contributed by atoms with Gasteiger partial charge in [0, 0.05) is 56.2 Å². The number of nitrogens with zero attached hydrogens (tertiary/aromatic N) is 5. The third kappa shape index (κ3) is 3.47. The van der Waals surface area contributed by atoms with Gasteiger partial charge in [-0.1, -0.05) is 0 Å². The van der Waals surface area contributed by atoms with Crippen LogP contribution >= 0.6 is 11.3 Å². The summed E-state index contributed by atoms with van der Waals surface area (Å²) in [5, 5.41) is 2.11. The van der Waals surface area contributed by atoms with Crippen LogP contribution in [0.2, 0.25) is 0 Å². The van der Waals surface area contributed by atoms with Gasteiger partial charge in [0.15, 0.2) is 0 Å². The number of fused-ring (bicyclic) bond motifs is 4. The molecule has 0 aromatic carbocycles. The Labute approximate surface area is 145 Å². The molecule has 0 saturated carbocycles.